The van der Waals surface area contributed by atoms with Crippen LogP contribution in [0.2, 0.25) is 0 Å². The first kappa shape index (κ1) is 10.4. The summed E-state index contributed by atoms with van der Waals surface area (Å²) in [5, 5.41) is 8.08. The van der Waals surface area contributed by atoms with Crippen molar-refractivity contribution in [3.8, 4) is 0 Å². The quantitative estimate of drug-likeness (QED) is 0.923. The van der Waals surface area contributed by atoms with Crippen molar-refractivity contribution >= 4 is 39.0 Å². The van der Waals surface area contributed by atoms with E-state index < -0.39 is 0 Å². The molecule has 0 fully saturated rings. The Morgan fingerprint density at radius 1 is 1.60 bits per heavy atom. The summed E-state index contributed by atoms with van der Waals surface area (Å²) in [5.74, 6) is 0.905. The third kappa shape index (κ3) is 2.45. The van der Waals surface area contributed by atoms with Gasteiger partial charge in [0.1, 0.15) is 5.76 Å². The van der Waals surface area contributed by atoms with Gasteiger partial charge in [0.05, 0.1) is 9.35 Å². The molecule has 15 heavy (non-hydrogen) atoms. The molecule has 0 aliphatic carbocycles. The van der Waals surface area contributed by atoms with Crippen LogP contribution < -0.4 is 5.32 Å². The summed E-state index contributed by atoms with van der Waals surface area (Å²) in [4.78, 5) is 11.6. The molecule has 0 unspecified atom stereocenters. The molecule has 0 aromatic carbocycles. The molecule has 2 rings (SSSR count). The Balaban J connectivity index is 2.10. The van der Waals surface area contributed by atoms with Crippen molar-refractivity contribution in [2.24, 2.45) is 0 Å². The summed E-state index contributed by atoms with van der Waals surface area (Å²) in [7, 11) is 0. The number of nitrogens with one attached hydrogen (secondary N) is 1. The van der Waals surface area contributed by atoms with Crippen molar-refractivity contribution in [1.82, 2.24) is 5.16 Å². The lowest BCUT2D eigenvalue weighted by molar-refractivity contribution is 0.102. The van der Waals surface area contributed by atoms with Crippen molar-refractivity contribution in [2.45, 2.75) is 6.92 Å². The predicted molar refractivity (Wildman–Crippen MR) is 61.2 cm³/mol. The van der Waals surface area contributed by atoms with Crippen molar-refractivity contribution < 1.29 is 9.32 Å². The van der Waals surface area contributed by atoms with Gasteiger partial charge in [-0.2, -0.15) is 0 Å². The topological polar surface area (TPSA) is 55.1 Å². The lowest BCUT2D eigenvalue weighted by atomic mass is 10.3. The second kappa shape index (κ2) is 4.16. The van der Waals surface area contributed by atoms with Crippen molar-refractivity contribution in [3.63, 3.8) is 0 Å². The minimum absolute atomic E-state index is 0.190. The third-order valence-electron chi connectivity index (χ3n) is 1.70. The molecule has 1 amide bonds. The van der Waals surface area contributed by atoms with Gasteiger partial charge in [-0.25, -0.2) is 0 Å². The number of carbonyl (C=O) groups excluding carboxylic acids is 1. The highest BCUT2D eigenvalue weighted by Gasteiger charge is 2.10. The van der Waals surface area contributed by atoms with E-state index in [1.165, 1.54) is 11.3 Å². The van der Waals surface area contributed by atoms with Crippen LogP contribution in [0.5, 0.6) is 0 Å². The maximum atomic E-state index is 11.6. The van der Waals surface area contributed by atoms with Gasteiger partial charge in [-0.3, -0.25) is 4.79 Å². The number of nitrogens with zero attached hydrogens (tertiary/aromatic N) is 1. The lowest BCUT2D eigenvalue weighted by Gasteiger charge is -1.96. The Morgan fingerprint density at radius 3 is 2.93 bits per heavy atom. The third-order valence-corrected chi connectivity index (χ3v) is 3.20. The number of hydrogen-bond acceptors (Lipinski definition) is 4. The molecule has 4 nitrogen and oxygen atoms in total. The van der Waals surface area contributed by atoms with Crippen LogP contribution >= 0.6 is 27.3 Å². The highest BCUT2D eigenvalue weighted by molar-refractivity contribution is 9.11. The van der Waals surface area contributed by atoms with Crippen molar-refractivity contribution in [1.29, 1.82) is 0 Å². The van der Waals surface area contributed by atoms with Crippen molar-refractivity contribution in [3.05, 3.63) is 32.6 Å². The van der Waals surface area contributed by atoms with E-state index in [0.29, 0.717) is 17.1 Å². The van der Waals surface area contributed by atoms with Crippen LogP contribution in [0.3, 0.4) is 0 Å². The minimum Gasteiger partial charge on any atom is -0.360 e. The molecule has 6 heteroatoms. The largest absolute Gasteiger partial charge is 0.360 e. The fraction of sp³-hybridized carbons (Fsp3) is 0.111. The van der Waals surface area contributed by atoms with Gasteiger partial charge in [-0.1, -0.05) is 5.16 Å². The Hall–Kier alpha value is -1.14. The van der Waals surface area contributed by atoms with Crippen LogP contribution in [0.1, 0.15) is 16.1 Å². The van der Waals surface area contributed by atoms with Gasteiger partial charge in [0.25, 0.3) is 5.91 Å². The van der Waals surface area contributed by atoms with E-state index in [0.717, 1.165) is 3.79 Å². The molecule has 0 atom stereocenters. The molecule has 1 N–H and O–H groups in total. The SMILES string of the molecule is Cc1cc(NC(=O)c2csc(Br)c2)no1. The van der Waals surface area contributed by atoms with E-state index in [2.05, 4.69) is 26.4 Å². The monoisotopic (exact) mass is 286 g/mol. The number of thiophene rings is 1. The fourth-order valence-electron chi connectivity index (χ4n) is 1.04. The van der Waals surface area contributed by atoms with Gasteiger partial charge < -0.3 is 9.84 Å². The van der Waals surface area contributed by atoms with Crippen LogP contribution in [0.25, 0.3) is 0 Å². The van der Waals surface area contributed by atoms with E-state index in [-0.39, 0.29) is 5.91 Å². The molecule has 0 bridgehead atoms. The Labute approximate surface area is 98.4 Å². The average molecular weight is 287 g/mol. The van der Waals surface area contributed by atoms with Crippen molar-refractivity contribution in [2.75, 3.05) is 5.32 Å². The molecule has 0 aliphatic rings. The number of amides is 1. The summed E-state index contributed by atoms with van der Waals surface area (Å²) < 4.78 is 5.76. The van der Waals surface area contributed by atoms with E-state index >= 15 is 0 Å². The van der Waals surface area contributed by atoms with Gasteiger partial charge in [0, 0.05) is 11.4 Å². The molecule has 0 aliphatic heterocycles. The van der Waals surface area contributed by atoms with E-state index in [1.54, 1.807) is 24.4 Å². The number of aromatic nitrogens is 1. The van der Waals surface area contributed by atoms with Gasteiger partial charge in [0.15, 0.2) is 5.82 Å². The van der Waals surface area contributed by atoms with Gasteiger partial charge in [-0.15, -0.1) is 11.3 Å². The number of aryl methyl sites for hydroxylation is 1. The zero-order chi connectivity index (χ0) is 10.8. The summed E-state index contributed by atoms with van der Waals surface area (Å²) in [6, 6.07) is 3.42. The van der Waals surface area contributed by atoms with Gasteiger partial charge in [-0.05, 0) is 28.9 Å². The minimum atomic E-state index is -0.190. The number of carbonyl (C=O) groups is 1. The van der Waals surface area contributed by atoms with Crippen LogP contribution in [-0.2, 0) is 0 Å². The maximum Gasteiger partial charge on any atom is 0.257 e. The Morgan fingerprint density at radius 2 is 2.40 bits per heavy atom. The molecule has 0 saturated heterocycles. The standard InChI is InChI=1S/C9H7BrN2O2S/c1-5-2-8(12-14-5)11-9(13)6-3-7(10)15-4-6/h2-4H,1H3,(H,11,12,13). The molecule has 0 radical (unpaired) electrons. The van der Waals surface area contributed by atoms with Crippen LogP contribution in [-0.4, -0.2) is 11.1 Å². The molecule has 2 aromatic heterocycles. The number of hydrogen-bond donors (Lipinski definition) is 1. The van der Waals surface area contributed by atoms with Crippen LogP contribution in [0, 0.1) is 6.92 Å². The first-order valence-corrected chi connectivity index (χ1v) is 5.81. The van der Waals surface area contributed by atoms with Gasteiger partial charge >= 0.3 is 0 Å². The second-order valence-electron chi connectivity index (χ2n) is 2.92. The molecule has 2 aromatic rings. The lowest BCUT2D eigenvalue weighted by Crippen LogP contribution is -2.10. The maximum absolute atomic E-state index is 11.6. The summed E-state index contributed by atoms with van der Waals surface area (Å²) >= 11 is 4.75. The molecule has 0 spiro atoms. The normalized spacial score (nSPS) is 10.3. The molecule has 78 valence electrons. The zero-order valence-corrected chi connectivity index (χ0v) is 10.2. The predicted octanol–water partition coefficient (Wildman–Crippen LogP) is 3.06. The zero-order valence-electron chi connectivity index (χ0n) is 7.78. The smallest absolute Gasteiger partial charge is 0.257 e. The molecule has 0 saturated carbocycles. The van der Waals surface area contributed by atoms with Crippen LogP contribution in [0.4, 0.5) is 5.82 Å². The molecular weight excluding hydrogens is 280 g/mol. The Bertz CT molecular complexity index is 492. The Kier molecular flexibility index (Phi) is 2.88. The number of rotatable bonds is 2. The van der Waals surface area contributed by atoms with E-state index in [1.807, 2.05) is 0 Å². The summed E-state index contributed by atoms with van der Waals surface area (Å²) in [5.41, 5.74) is 0.604. The first-order chi connectivity index (χ1) is 7.15. The highest BCUT2D eigenvalue weighted by atomic mass is 79.9. The van der Waals surface area contributed by atoms with E-state index in [9.17, 15) is 4.79 Å². The number of anilines is 1. The van der Waals surface area contributed by atoms with Crippen LogP contribution in [0.15, 0.2) is 25.8 Å². The molecule has 2 heterocycles. The number of halogens is 1. The average Bonchev–Trinajstić information content (AvgIpc) is 2.75. The fourth-order valence-corrected chi connectivity index (χ4v) is 2.18. The highest BCUT2D eigenvalue weighted by Crippen LogP contribution is 2.21. The molecular formula is C9H7BrN2O2S. The second-order valence-corrected chi connectivity index (χ2v) is 5.21. The first-order valence-electron chi connectivity index (χ1n) is 4.14. The van der Waals surface area contributed by atoms with E-state index in [4.69, 9.17) is 4.52 Å². The summed E-state index contributed by atoms with van der Waals surface area (Å²) in [6.07, 6.45) is 0. The van der Waals surface area contributed by atoms with Gasteiger partial charge in [0.2, 0.25) is 0 Å². The summed E-state index contributed by atoms with van der Waals surface area (Å²) in [6.45, 7) is 1.77.